The van der Waals surface area contributed by atoms with E-state index in [0.29, 0.717) is 17.8 Å². The van der Waals surface area contributed by atoms with E-state index in [1.807, 2.05) is 36.7 Å². The summed E-state index contributed by atoms with van der Waals surface area (Å²) in [5.74, 6) is -0.109. The van der Waals surface area contributed by atoms with Crippen molar-refractivity contribution in [1.29, 1.82) is 0 Å². The number of anilines is 1. The molecule has 0 aliphatic carbocycles. The lowest BCUT2D eigenvalue weighted by atomic mass is 10.1. The molecular weight excluding hydrogens is 362 g/mol. The highest BCUT2D eigenvalue weighted by Gasteiger charge is 2.16. The fourth-order valence-electron chi connectivity index (χ4n) is 2.92. The lowest BCUT2D eigenvalue weighted by Gasteiger charge is -2.20. The van der Waals surface area contributed by atoms with Crippen molar-refractivity contribution in [2.75, 3.05) is 4.72 Å². The van der Waals surface area contributed by atoms with Gasteiger partial charge in [0.1, 0.15) is 0 Å². The maximum atomic E-state index is 12.6. The molecule has 6 nitrogen and oxygen atoms in total. The van der Waals surface area contributed by atoms with E-state index < -0.39 is 10.0 Å². The van der Waals surface area contributed by atoms with Gasteiger partial charge in [-0.05, 0) is 57.2 Å². The van der Waals surface area contributed by atoms with Crippen LogP contribution >= 0.6 is 0 Å². The molecule has 0 saturated carbocycles. The summed E-state index contributed by atoms with van der Waals surface area (Å²) in [5.41, 5.74) is 7.68. The molecule has 0 aliphatic rings. The quantitative estimate of drug-likeness (QED) is 0.636. The van der Waals surface area contributed by atoms with Crippen molar-refractivity contribution in [3.63, 3.8) is 0 Å². The van der Waals surface area contributed by atoms with E-state index in [2.05, 4.69) is 4.72 Å². The molecule has 2 aromatic carbocycles. The van der Waals surface area contributed by atoms with Crippen molar-refractivity contribution < 1.29 is 13.2 Å². The SMILES string of the molecule is CC(=O)c1ccc(S(=O)(=O)Nc2ccc3c(ccn3CC(C)(C)N)c2)cc1. The molecule has 0 saturated heterocycles. The highest BCUT2D eigenvalue weighted by Crippen LogP contribution is 2.24. The summed E-state index contributed by atoms with van der Waals surface area (Å²) in [6.07, 6.45) is 1.94. The molecule has 0 unspecified atom stereocenters. The second-order valence-corrected chi connectivity index (χ2v) is 9.07. The number of carbonyl (C=O) groups excluding carboxylic acids is 1. The van der Waals surface area contributed by atoms with Crippen LogP contribution < -0.4 is 10.5 Å². The fourth-order valence-corrected chi connectivity index (χ4v) is 3.97. The van der Waals surface area contributed by atoms with Crippen molar-refractivity contribution >= 4 is 32.4 Å². The minimum Gasteiger partial charge on any atom is -0.346 e. The summed E-state index contributed by atoms with van der Waals surface area (Å²) in [6, 6.07) is 13.2. The van der Waals surface area contributed by atoms with E-state index in [-0.39, 0.29) is 16.2 Å². The van der Waals surface area contributed by atoms with Crippen LogP contribution in [0.4, 0.5) is 5.69 Å². The van der Waals surface area contributed by atoms with Gasteiger partial charge in [0.15, 0.2) is 5.78 Å². The summed E-state index contributed by atoms with van der Waals surface area (Å²) >= 11 is 0. The molecule has 3 rings (SSSR count). The number of nitrogens with one attached hydrogen (secondary N) is 1. The molecule has 27 heavy (non-hydrogen) atoms. The van der Waals surface area contributed by atoms with E-state index in [9.17, 15) is 13.2 Å². The summed E-state index contributed by atoms with van der Waals surface area (Å²) in [4.78, 5) is 11.4. The summed E-state index contributed by atoms with van der Waals surface area (Å²) in [7, 11) is -3.73. The molecule has 142 valence electrons. The molecule has 0 spiro atoms. The van der Waals surface area contributed by atoms with Gasteiger partial charge in [-0.25, -0.2) is 8.42 Å². The van der Waals surface area contributed by atoms with Gasteiger partial charge in [0.05, 0.1) is 4.90 Å². The molecular formula is C20H23N3O3S. The number of rotatable bonds is 6. The smallest absolute Gasteiger partial charge is 0.261 e. The first-order valence-corrected chi connectivity index (χ1v) is 10.1. The summed E-state index contributed by atoms with van der Waals surface area (Å²) in [6.45, 7) is 6.01. The zero-order chi connectivity index (χ0) is 19.8. The van der Waals surface area contributed by atoms with Crippen LogP contribution in [0, 0.1) is 0 Å². The van der Waals surface area contributed by atoms with Gasteiger partial charge in [-0.3, -0.25) is 9.52 Å². The van der Waals surface area contributed by atoms with E-state index in [4.69, 9.17) is 5.73 Å². The highest BCUT2D eigenvalue weighted by atomic mass is 32.2. The zero-order valence-electron chi connectivity index (χ0n) is 15.6. The second kappa shape index (κ2) is 6.83. The molecule has 0 radical (unpaired) electrons. The number of nitrogens with two attached hydrogens (primary N) is 1. The van der Waals surface area contributed by atoms with Gasteiger partial charge in [-0.2, -0.15) is 0 Å². The number of sulfonamides is 1. The number of benzene rings is 2. The Bertz CT molecular complexity index is 1090. The number of hydrogen-bond acceptors (Lipinski definition) is 4. The molecule has 3 aromatic rings. The minimum absolute atomic E-state index is 0.107. The second-order valence-electron chi connectivity index (χ2n) is 7.39. The van der Waals surface area contributed by atoms with Crippen molar-refractivity contribution in [2.45, 2.75) is 37.8 Å². The third-order valence-electron chi connectivity index (χ3n) is 4.17. The average molecular weight is 385 g/mol. The summed E-state index contributed by atoms with van der Waals surface area (Å²) < 4.78 is 29.8. The van der Waals surface area contributed by atoms with Crippen LogP contribution in [0.5, 0.6) is 0 Å². The Hall–Kier alpha value is -2.64. The lowest BCUT2D eigenvalue weighted by Crippen LogP contribution is -2.36. The number of Topliss-reactive ketones (excluding diaryl/α,β-unsaturated/α-hetero) is 1. The molecule has 1 aromatic heterocycles. The maximum absolute atomic E-state index is 12.6. The minimum atomic E-state index is -3.73. The van der Waals surface area contributed by atoms with Gasteiger partial charge in [0.2, 0.25) is 0 Å². The van der Waals surface area contributed by atoms with Crippen molar-refractivity contribution in [1.82, 2.24) is 4.57 Å². The lowest BCUT2D eigenvalue weighted by molar-refractivity contribution is 0.101. The number of nitrogens with zero attached hydrogens (tertiary/aromatic N) is 1. The Morgan fingerprint density at radius 3 is 2.37 bits per heavy atom. The molecule has 3 N–H and O–H groups in total. The van der Waals surface area contributed by atoms with Crippen molar-refractivity contribution in [3.05, 3.63) is 60.3 Å². The molecule has 7 heteroatoms. The van der Waals surface area contributed by atoms with Crippen LogP contribution in [-0.2, 0) is 16.6 Å². The number of fused-ring (bicyclic) bond motifs is 1. The Labute approximate surface area is 159 Å². The van der Waals surface area contributed by atoms with Crippen LogP contribution in [0.3, 0.4) is 0 Å². The van der Waals surface area contributed by atoms with E-state index in [1.165, 1.54) is 31.2 Å². The Kier molecular flexibility index (Phi) is 4.84. The first kappa shape index (κ1) is 19.1. The molecule has 0 amide bonds. The predicted octanol–water partition coefficient (Wildman–Crippen LogP) is 3.38. The molecule has 0 fully saturated rings. The fraction of sp³-hybridized carbons (Fsp3) is 0.250. The Balaban J connectivity index is 1.86. The Morgan fingerprint density at radius 1 is 1.11 bits per heavy atom. The zero-order valence-corrected chi connectivity index (χ0v) is 16.4. The van der Waals surface area contributed by atoms with Gasteiger partial charge >= 0.3 is 0 Å². The van der Waals surface area contributed by atoms with Crippen LogP contribution in [0.25, 0.3) is 10.9 Å². The van der Waals surface area contributed by atoms with Gasteiger partial charge in [0.25, 0.3) is 10.0 Å². The third-order valence-corrected chi connectivity index (χ3v) is 5.57. The van der Waals surface area contributed by atoms with E-state index in [0.717, 1.165) is 10.9 Å². The van der Waals surface area contributed by atoms with Gasteiger partial charge in [-0.15, -0.1) is 0 Å². The van der Waals surface area contributed by atoms with Crippen LogP contribution in [0.15, 0.2) is 59.6 Å². The normalized spacial score (nSPS) is 12.3. The van der Waals surface area contributed by atoms with E-state index in [1.54, 1.807) is 12.1 Å². The maximum Gasteiger partial charge on any atom is 0.261 e. The largest absolute Gasteiger partial charge is 0.346 e. The standard InChI is InChI=1S/C20H23N3O3S/c1-14(24)15-4-7-18(8-5-15)27(25,26)22-17-6-9-19-16(12-17)10-11-23(19)13-20(2,3)21/h4-12,22H,13,21H2,1-3H3. The van der Waals surface area contributed by atoms with E-state index >= 15 is 0 Å². The van der Waals surface area contributed by atoms with Gasteiger partial charge in [-0.1, -0.05) is 12.1 Å². The average Bonchev–Trinajstić information content (AvgIpc) is 2.95. The number of carbonyl (C=O) groups is 1. The van der Waals surface area contributed by atoms with Gasteiger partial charge in [0, 0.05) is 40.4 Å². The monoisotopic (exact) mass is 385 g/mol. The van der Waals surface area contributed by atoms with Crippen LogP contribution in [-0.4, -0.2) is 24.3 Å². The predicted molar refractivity (Wildman–Crippen MR) is 107 cm³/mol. The van der Waals surface area contributed by atoms with Crippen LogP contribution in [0.2, 0.25) is 0 Å². The molecule has 0 aliphatic heterocycles. The molecule has 1 heterocycles. The molecule has 0 bridgehead atoms. The number of ketones is 1. The van der Waals surface area contributed by atoms with Gasteiger partial charge < -0.3 is 10.3 Å². The molecule has 0 atom stereocenters. The van der Waals surface area contributed by atoms with Crippen LogP contribution in [0.1, 0.15) is 31.1 Å². The highest BCUT2D eigenvalue weighted by molar-refractivity contribution is 7.92. The van der Waals surface area contributed by atoms with Crippen molar-refractivity contribution in [2.24, 2.45) is 5.73 Å². The number of hydrogen-bond donors (Lipinski definition) is 2. The van der Waals surface area contributed by atoms with Crippen molar-refractivity contribution in [3.8, 4) is 0 Å². The topological polar surface area (TPSA) is 94.2 Å². The third kappa shape index (κ3) is 4.37. The Morgan fingerprint density at radius 2 is 1.78 bits per heavy atom. The first-order valence-electron chi connectivity index (χ1n) is 8.57. The first-order chi connectivity index (χ1) is 12.5. The number of aromatic nitrogens is 1. The summed E-state index contributed by atoms with van der Waals surface area (Å²) in [5, 5.41) is 0.923.